The molecule has 3 heterocycles. The number of carbonyl (C=O) groups excluding carboxylic acids is 2. The molecule has 0 spiro atoms. The molecular weight excluding hydrogens is 308 g/mol. The van der Waals surface area contributed by atoms with Gasteiger partial charge in [0.2, 0.25) is 5.91 Å². The second kappa shape index (κ2) is 5.74. The van der Waals surface area contributed by atoms with Crippen LogP contribution in [-0.2, 0) is 14.3 Å². The Morgan fingerprint density at radius 1 is 1.21 bits per heavy atom. The van der Waals surface area contributed by atoms with Crippen LogP contribution in [0.25, 0.3) is 10.8 Å². The number of cyclic esters (lactones) is 1. The highest BCUT2D eigenvalue weighted by Crippen LogP contribution is 2.35. The largest absolute Gasteiger partial charge is 0.465 e. The number of aromatic nitrogens is 2. The average Bonchev–Trinajstić information content (AvgIpc) is 3.36. The van der Waals surface area contributed by atoms with Gasteiger partial charge in [-0.15, -0.1) is 0 Å². The highest BCUT2D eigenvalue weighted by atomic mass is 16.5. The molecule has 124 valence electrons. The van der Waals surface area contributed by atoms with Gasteiger partial charge in [-0.1, -0.05) is 0 Å². The molecule has 2 fully saturated rings. The number of amides is 1. The van der Waals surface area contributed by atoms with E-state index in [-0.39, 0.29) is 23.7 Å². The first-order valence-corrected chi connectivity index (χ1v) is 8.11. The number of pyridine rings is 2. The van der Waals surface area contributed by atoms with Gasteiger partial charge in [-0.3, -0.25) is 9.59 Å². The molecule has 0 aromatic carbocycles. The Balaban J connectivity index is 1.79. The summed E-state index contributed by atoms with van der Waals surface area (Å²) >= 11 is 0. The van der Waals surface area contributed by atoms with Gasteiger partial charge in [0.05, 0.1) is 12.5 Å². The second-order valence-corrected chi connectivity index (χ2v) is 6.20. The first kappa shape index (κ1) is 14.9. The van der Waals surface area contributed by atoms with Crippen molar-refractivity contribution in [2.75, 3.05) is 24.3 Å². The van der Waals surface area contributed by atoms with Crippen molar-refractivity contribution in [1.29, 1.82) is 0 Å². The number of ether oxygens (including phenoxy) is 1. The molecule has 4 rings (SSSR count). The van der Waals surface area contributed by atoms with E-state index in [0.29, 0.717) is 24.7 Å². The topological polar surface area (TPSA) is 93.2 Å². The molecule has 7 heteroatoms. The van der Waals surface area contributed by atoms with Gasteiger partial charge in [-0.25, -0.2) is 9.97 Å². The summed E-state index contributed by atoms with van der Waals surface area (Å²) in [6.45, 7) is 0.426. The number of nitrogens with zero attached hydrogens (tertiary/aromatic N) is 2. The summed E-state index contributed by atoms with van der Waals surface area (Å²) in [4.78, 5) is 32.7. The van der Waals surface area contributed by atoms with E-state index in [0.717, 1.165) is 29.2 Å². The lowest BCUT2D eigenvalue weighted by molar-refractivity contribution is -0.139. The molecule has 0 bridgehead atoms. The molecule has 2 aromatic heterocycles. The predicted octanol–water partition coefficient (Wildman–Crippen LogP) is 2.05. The molecule has 2 aliphatic rings. The van der Waals surface area contributed by atoms with Gasteiger partial charge >= 0.3 is 5.97 Å². The number of esters is 1. The molecule has 2 aromatic rings. The van der Waals surface area contributed by atoms with Crippen molar-refractivity contribution in [1.82, 2.24) is 9.97 Å². The van der Waals surface area contributed by atoms with Gasteiger partial charge in [-0.2, -0.15) is 0 Å². The Labute approximate surface area is 138 Å². The fraction of sp³-hybridized carbons (Fsp3) is 0.412. The number of hydrogen-bond acceptors (Lipinski definition) is 6. The quantitative estimate of drug-likeness (QED) is 0.835. The van der Waals surface area contributed by atoms with Crippen molar-refractivity contribution < 1.29 is 14.3 Å². The number of anilines is 2. The monoisotopic (exact) mass is 326 g/mol. The van der Waals surface area contributed by atoms with E-state index in [4.69, 9.17) is 4.74 Å². The van der Waals surface area contributed by atoms with Crippen molar-refractivity contribution in [3.8, 4) is 0 Å². The van der Waals surface area contributed by atoms with E-state index in [1.54, 1.807) is 19.4 Å². The van der Waals surface area contributed by atoms with Gasteiger partial charge in [0, 0.05) is 30.7 Å². The second-order valence-electron chi connectivity index (χ2n) is 6.20. The zero-order valence-corrected chi connectivity index (χ0v) is 13.3. The molecule has 1 aliphatic heterocycles. The minimum atomic E-state index is -0.319. The number of nitrogens with one attached hydrogen (secondary N) is 2. The smallest absolute Gasteiger partial charge is 0.313 e. The van der Waals surface area contributed by atoms with Gasteiger partial charge in [0.1, 0.15) is 11.6 Å². The molecule has 1 unspecified atom stereocenters. The maximum atomic E-state index is 12.0. The Hall–Kier alpha value is -2.70. The highest BCUT2D eigenvalue weighted by Gasteiger charge is 2.31. The van der Waals surface area contributed by atoms with Gasteiger partial charge in [0.15, 0.2) is 0 Å². The first-order chi connectivity index (χ1) is 11.7. The summed E-state index contributed by atoms with van der Waals surface area (Å²) in [7, 11) is 1.79. The van der Waals surface area contributed by atoms with Crippen LogP contribution in [0.5, 0.6) is 0 Å². The minimum absolute atomic E-state index is 0.00609. The SMILES string of the molecule is CNc1ncc(C2CCOC2=O)c2cc(NC(=O)C3CC3)ncc12. The summed E-state index contributed by atoms with van der Waals surface area (Å²) < 4.78 is 5.09. The van der Waals surface area contributed by atoms with Crippen LogP contribution in [0.1, 0.15) is 30.7 Å². The van der Waals surface area contributed by atoms with Crippen LogP contribution in [0.4, 0.5) is 11.6 Å². The van der Waals surface area contributed by atoms with E-state index < -0.39 is 0 Å². The lowest BCUT2D eigenvalue weighted by Crippen LogP contribution is -2.14. The van der Waals surface area contributed by atoms with E-state index in [1.165, 1.54) is 0 Å². The molecule has 1 atom stereocenters. The van der Waals surface area contributed by atoms with Gasteiger partial charge in [-0.05, 0) is 36.3 Å². The summed E-state index contributed by atoms with van der Waals surface area (Å²) in [6, 6.07) is 1.82. The van der Waals surface area contributed by atoms with Crippen molar-refractivity contribution in [3.63, 3.8) is 0 Å². The molecule has 24 heavy (non-hydrogen) atoms. The molecular formula is C17H18N4O3. The van der Waals surface area contributed by atoms with Crippen LogP contribution in [0, 0.1) is 5.92 Å². The van der Waals surface area contributed by atoms with Crippen molar-refractivity contribution in [2.24, 2.45) is 5.92 Å². The van der Waals surface area contributed by atoms with Crippen LogP contribution >= 0.6 is 0 Å². The standard InChI is InChI=1S/C17H18N4O3/c1-18-15-13-8-19-14(21-16(22)9-2-3-9)6-11(13)12(7-20-15)10-4-5-24-17(10)23/h6-10H,2-5H2,1H3,(H,18,20)(H,19,21,22). The summed E-state index contributed by atoms with van der Waals surface area (Å²) in [6.07, 6.45) is 5.90. The zero-order valence-electron chi connectivity index (χ0n) is 13.3. The van der Waals surface area contributed by atoms with Gasteiger partial charge < -0.3 is 15.4 Å². The predicted molar refractivity (Wildman–Crippen MR) is 88.8 cm³/mol. The molecule has 0 radical (unpaired) electrons. The number of carbonyl (C=O) groups is 2. The summed E-state index contributed by atoms with van der Waals surface area (Å²) in [5, 5.41) is 7.57. The maximum absolute atomic E-state index is 12.0. The number of hydrogen-bond donors (Lipinski definition) is 2. The molecule has 1 amide bonds. The van der Waals surface area contributed by atoms with Crippen LogP contribution < -0.4 is 10.6 Å². The van der Waals surface area contributed by atoms with E-state index in [9.17, 15) is 9.59 Å². The summed E-state index contributed by atoms with van der Waals surface area (Å²) in [5.74, 6) is 0.757. The number of rotatable bonds is 4. The Morgan fingerprint density at radius 3 is 2.71 bits per heavy atom. The zero-order chi connectivity index (χ0) is 16.7. The minimum Gasteiger partial charge on any atom is -0.465 e. The van der Waals surface area contributed by atoms with Crippen LogP contribution in [0.3, 0.4) is 0 Å². The Kier molecular flexibility index (Phi) is 3.55. The number of fused-ring (bicyclic) bond motifs is 1. The lowest BCUT2D eigenvalue weighted by Gasteiger charge is -2.14. The van der Waals surface area contributed by atoms with Crippen molar-refractivity contribution >= 4 is 34.3 Å². The van der Waals surface area contributed by atoms with Crippen molar-refractivity contribution in [2.45, 2.75) is 25.2 Å². The van der Waals surface area contributed by atoms with Crippen molar-refractivity contribution in [3.05, 3.63) is 24.0 Å². The third-order valence-corrected chi connectivity index (χ3v) is 4.55. The van der Waals surface area contributed by atoms with Crippen LogP contribution in [0.2, 0.25) is 0 Å². The van der Waals surface area contributed by atoms with E-state index >= 15 is 0 Å². The lowest BCUT2D eigenvalue weighted by atomic mass is 9.95. The molecule has 1 saturated heterocycles. The fourth-order valence-electron chi connectivity index (χ4n) is 3.05. The van der Waals surface area contributed by atoms with Gasteiger partial charge in [0.25, 0.3) is 0 Å². The molecule has 1 aliphatic carbocycles. The molecule has 7 nitrogen and oxygen atoms in total. The molecule has 1 saturated carbocycles. The molecule has 2 N–H and O–H groups in total. The van der Waals surface area contributed by atoms with E-state index in [2.05, 4.69) is 20.6 Å². The Morgan fingerprint density at radius 2 is 2.04 bits per heavy atom. The van der Waals surface area contributed by atoms with Crippen LogP contribution in [0.15, 0.2) is 18.5 Å². The normalized spacial score (nSPS) is 20.0. The third kappa shape index (κ3) is 2.55. The summed E-state index contributed by atoms with van der Waals surface area (Å²) in [5.41, 5.74) is 0.816. The fourth-order valence-corrected chi connectivity index (χ4v) is 3.05. The van der Waals surface area contributed by atoms with E-state index in [1.807, 2.05) is 6.07 Å². The van der Waals surface area contributed by atoms with Crippen LogP contribution in [-0.4, -0.2) is 35.5 Å². The third-order valence-electron chi connectivity index (χ3n) is 4.55. The maximum Gasteiger partial charge on any atom is 0.313 e. The highest BCUT2D eigenvalue weighted by molar-refractivity contribution is 6.00. The Bertz CT molecular complexity index is 832. The first-order valence-electron chi connectivity index (χ1n) is 8.11. The average molecular weight is 326 g/mol.